The summed E-state index contributed by atoms with van der Waals surface area (Å²) in [5.41, 5.74) is 1.21. The van der Waals surface area contributed by atoms with Crippen molar-refractivity contribution in [2.45, 2.75) is 6.42 Å². The van der Waals surface area contributed by atoms with Gasteiger partial charge in [-0.3, -0.25) is 9.78 Å². The Kier molecular flexibility index (Phi) is 3.82. The Morgan fingerprint density at radius 3 is 3.18 bits per heavy atom. The molecule has 5 heteroatoms. The summed E-state index contributed by atoms with van der Waals surface area (Å²) in [7, 11) is 0. The zero-order valence-electron chi connectivity index (χ0n) is 9.37. The summed E-state index contributed by atoms with van der Waals surface area (Å²) in [6, 6.07) is 1.38. The molecule has 0 radical (unpaired) electrons. The summed E-state index contributed by atoms with van der Waals surface area (Å²) >= 11 is 0. The van der Waals surface area contributed by atoms with Crippen LogP contribution in [0.2, 0.25) is 0 Å². The van der Waals surface area contributed by atoms with Crippen LogP contribution in [0, 0.1) is 5.82 Å². The van der Waals surface area contributed by atoms with Crippen molar-refractivity contribution in [3.05, 3.63) is 41.5 Å². The van der Waals surface area contributed by atoms with E-state index >= 15 is 0 Å². The van der Waals surface area contributed by atoms with Crippen LogP contribution in [0.4, 0.5) is 4.39 Å². The Labute approximate surface area is 98.9 Å². The van der Waals surface area contributed by atoms with Crippen molar-refractivity contribution in [1.29, 1.82) is 0 Å². The fraction of sp³-hybridized carbons (Fsp3) is 0.333. The van der Waals surface area contributed by atoms with Gasteiger partial charge in [0.25, 0.3) is 5.91 Å². The van der Waals surface area contributed by atoms with Crippen LogP contribution in [-0.2, 0) is 0 Å². The third kappa shape index (κ3) is 3.10. The van der Waals surface area contributed by atoms with Crippen LogP contribution in [0.5, 0.6) is 0 Å². The molecule has 90 valence electrons. The highest BCUT2D eigenvalue weighted by atomic mass is 19.1. The average Bonchev–Trinajstić information content (AvgIpc) is 2.38. The molecule has 0 saturated heterocycles. The largest absolute Gasteiger partial charge is 0.348 e. The number of hydrogen-bond donors (Lipinski definition) is 2. The highest BCUT2D eigenvalue weighted by molar-refractivity contribution is 5.94. The molecule has 0 aliphatic carbocycles. The molecule has 0 unspecified atom stereocenters. The van der Waals surface area contributed by atoms with E-state index in [9.17, 15) is 9.18 Å². The fourth-order valence-electron chi connectivity index (χ4n) is 1.68. The first-order valence-corrected chi connectivity index (χ1v) is 5.53. The Morgan fingerprint density at radius 2 is 2.47 bits per heavy atom. The van der Waals surface area contributed by atoms with Gasteiger partial charge in [0.15, 0.2) is 5.82 Å². The lowest BCUT2D eigenvalue weighted by molar-refractivity contribution is 0.0952. The smallest absolute Gasteiger partial charge is 0.254 e. The van der Waals surface area contributed by atoms with Gasteiger partial charge in [-0.25, -0.2) is 4.39 Å². The summed E-state index contributed by atoms with van der Waals surface area (Å²) in [6.45, 7) is 2.22. The van der Waals surface area contributed by atoms with Gasteiger partial charge in [0.2, 0.25) is 0 Å². The molecule has 0 spiro atoms. The maximum atomic E-state index is 13.3. The van der Waals surface area contributed by atoms with E-state index in [1.807, 2.05) is 6.08 Å². The summed E-state index contributed by atoms with van der Waals surface area (Å²) in [4.78, 5) is 15.3. The number of nitrogens with one attached hydrogen (secondary N) is 2. The van der Waals surface area contributed by atoms with E-state index in [0.717, 1.165) is 25.7 Å². The molecule has 2 heterocycles. The van der Waals surface area contributed by atoms with Gasteiger partial charge in [0.1, 0.15) is 0 Å². The first-order valence-electron chi connectivity index (χ1n) is 5.53. The van der Waals surface area contributed by atoms with E-state index in [4.69, 9.17) is 0 Å². The van der Waals surface area contributed by atoms with Gasteiger partial charge in [-0.2, -0.15) is 0 Å². The van der Waals surface area contributed by atoms with Crippen molar-refractivity contribution in [2.75, 3.05) is 19.6 Å². The van der Waals surface area contributed by atoms with Crippen LogP contribution in [0.25, 0.3) is 0 Å². The van der Waals surface area contributed by atoms with E-state index in [1.54, 1.807) is 0 Å². The number of rotatable bonds is 3. The third-order valence-electron chi connectivity index (χ3n) is 2.65. The maximum Gasteiger partial charge on any atom is 0.254 e. The molecule has 0 atom stereocenters. The lowest BCUT2D eigenvalue weighted by Crippen LogP contribution is -2.30. The number of pyridine rings is 1. The predicted octanol–water partition coefficient (Wildman–Crippen LogP) is 0.870. The molecular weight excluding hydrogens is 221 g/mol. The molecule has 4 nitrogen and oxygen atoms in total. The fourth-order valence-corrected chi connectivity index (χ4v) is 1.68. The third-order valence-corrected chi connectivity index (χ3v) is 2.65. The van der Waals surface area contributed by atoms with Crippen molar-refractivity contribution in [3.8, 4) is 0 Å². The summed E-state index contributed by atoms with van der Waals surface area (Å²) < 4.78 is 13.3. The minimum absolute atomic E-state index is 0.0366. The summed E-state index contributed by atoms with van der Waals surface area (Å²) in [6.07, 6.45) is 5.41. The molecule has 2 N–H and O–H groups in total. The second-order valence-electron chi connectivity index (χ2n) is 3.85. The van der Waals surface area contributed by atoms with Crippen molar-refractivity contribution in [3.63, 3.8) is 0 Å². The van der Waals surface area contributed by atoms with Gasteiger partial charge in [-0.15, -0.1) is 0 Å². The quantitative estimate of drug-likeness (QED) is 0.764. The second kappa shape index (κ2) is 5.54. The lowest BCUT2D eigenvalue weighted by atomic mass is 10.1. The van der Waals surface area contributed by atoms with E-state index < -0.39 is 11.7 Å². The van der Waals surface area contributed by atoms with Gasteiger partial charge >= 0.3 is 0 Å². The molecule has 1 aromatic rings. The van der Waals surface area contributed by atoms with Crippen LogP contribution in [0.3, 0.4) is 0 Å². The second-order valence-corrected chi connectivity index (χ2v) is 3.85. The Bertz CT molecular complexity index is 445. The van der Waals surface area contributed by atoms with Gasteiger partial charge in [0.05, 0.1) is 11.8 Å². The number of carbonyl (C=O) groups excluding carboxylic acids is 1. The summed E-state index contributed by atoms with van der Waals surface area (Å²) in [5.74, 6) is -0.992. The van der Waals surface area contributed by atoms with Crippen LogP contribution in [0.1, 0.15) is 16.8 Å². The van der Waals surface area contributed by atoms with Gasteiger partial charge in [-0.1, -0.05) is 11.6 Å². The first kappa shape index (κ1) is 11.7. The van der Waals surface area contributed by atoms with Crippen LogP contribution < -0.4 is 10.6 Å². The van der Waals surface area contributed by atoms with Gasteiger partial charge in [-0.05, 0) is 19.0 Å². The molecule has 0 fully saturated rings. The molecule has 2 rings (SSSR count). The standard InChI is InChI=1S/C12H14FN3O/c13-11-8-15-6-3-10(11)12(17)16-7-9-1-4-14-5-2-9/h1,3,6,8,14H,2,4-5,7H2,(H,16,17). The van der Waals surface area contributed by atoms with E-state index in [1.165, 1.54) is 17.8 Å². The monoisotopic (exact) mass is 235 g/mol. The number of aromatic nitrogens is 1. The number of carbonyl (C=O) groups is 1. The van der Waals surface area contributed by atoms with Crippen LogP contribution in [0.15, 0.2) is 30.1 Å². The lowest BCUT2D eigenvalue weighted by Gasteiger charge is -2.14. The molecule has 1 aliphatic rings. The Morgan fingerprint density at radius 1 is 1.59 bits per heavy atom. The first-order chi connectivity index (χ1) is 8.27. The highest BCUT2D eigenvalue weighted by Crippen LogP contribution is 2.06. The Balaban J connectivity index is 1.93. The van der Waals surface area contributed by atoms with E-state index in [2.05, 4.69) is 15.6 Å². The van der Waals surface area contributed by atoms with Crippen molar-refractivity contribution >= 4 is 5.91 Å². The van der Waals surface area contributed by atoms with E-state index in [0.29, 0.717) is 6.54 Å². The highest BCUT2D eigenvalue weighted by Gasteiger charge is 2.11. The van der Waals surface area contributed by atoms with Crippen LogP contribution >= 0.6 is 0 Å². The van der Waals surface area contributed by atoms with Gasteiger partial charge < -0.3 is 10.6 Å². The minimum atomic E-state index is -0.593. The number of hydrogen-bond acceptors (Lipinski definition) is 3. The zero-order valence-corrected chi connectivity index (χ0v) is 9.37. The predicted molar refractivity (Wildman–Crippen MR) is 62.1 cm³/mol. The maximum absolute atomic E-state index is 13.3. The SMILES string of the molecule is O=C(NCC1=CCNCC1)c1ccncc1F. The molecule has 0 saturated carbocycles. The molecule has 0 bridgehead atoms. The topological polar surface area (TPSA) is 54.0 Å². The number of halogens is 1. The van der Waals surface area contributed by atoms with Crippen molar-refractivity contribution in [2.24, 2.45) is 0 Å². The molecule has 17 heavy (non-hydrogen) atoms. The Hall–Kier alpha value is -1.75. The van der Waals surface area contributed by atoms with Crippen LogP contribution in [-0.4, -0.2) is 30.5 Å². The zero-order chi connectivity index (χ0) is 12.1. The van der Waals surface area contributed by atoms with Crippen molar-refractivity contribution in [1.82, 2.24) is 15.6 Å². The number of nitrogens with zero attached hydrogens (tertiary/aromatic N) is 1. The van der Waals surface area contributed by atoms with E-state index in [-0.39, 0.29) is 5.56 Å². The molecule has 1 aliphatic heterocycles. The number of amides is 1. The van der Waals surface area contributed by atoms with Gasteiger partial charge in [0, 0.05) is 19.3 Å². The molecule has 0 aromatic carbocycles. The molecule has 1 amide bonds. The summed E-state index contributed by atoms with van der Waals surface area (Å²) in [5, 5.41) is 5.89. The molecular formula is C12H14FN3O. The van der Waals surface area contributed by atoms with Crippen molar-refractivity contribution < 1.29 is 9.18 Å². The minimum Gasteiger partial charge on any atom is -0.348 e. The molecule has 1 aromatic heterocycles. The normalized spacial score (nSPS) is 15.2. The average molecular weight is 235 g/mol.